The van der Waals surface area contributed by atoms with Crippen molar-refractivity contribution in [3.05, 3.63) is 29.8 Å². The lowest BCUT2D eigenvalue weighted by Crippen LogP contribution is -2.52. The van der Waals surface area contributed by atoms with E-state index in [2.05, 4.69) is 38.2 Å². The molecule has 0 saturated carbocycles. The highest BCUT2D eigenvalue weighted by Gasteiger charge is 2.35. The largest absolute Gasteiger partial charge is 0.497 e. The van der Waals surface area contributed by atoms with E-state index in [1.54, 1.807) is 7.11 Å². The van der Waals surface area contributed by atoms with E-state index in [1.807, 2.05) is 12.1 Å². The summed E-state index contributed by atoms with van der Waals surface area (Å²) < 4.78 is 11.5. The zero-order chi connectivity index (χ0) is 13.2. The first-order valence-electron chi connectivity index (χ1n) is 6.63. The number of morpholine rings is 1. The van der Waals surface area contributed by atoms with Crippen molar-refractivity contribution < 1.29 is 9.47 Å². The molecule has 3 nitrogen and oxygen atoms in total. The quantitative estimate of drug-likeness (QED) is 0.893. The molecule has 1 aliphatic heterocycles. The fourth-order valence-electron chi connectivity index (χ4n) is 2.29. The van der Waals surface area contributed by atoms with Gasteiger partial charge in [-0.1, -0.05) is 19.1 Å². The van der Waals surface area contributed by atoms with Crippen LogP contribution in [-0.4, -0.2) is 25.3 Å². The second-order valence-electron chi connectivity index (χ2n) is 5.28. The molecule has 0 bridgehead atoms. The number of hydrogen-bond donors (Lipinski definition) is 1. The molecule has 3 atom stereocenters. The normalized spacial score (nSPS) is 32.2. The molecule has 0 amide bonds. The van der Waals surface area contributed by atoms with Crippen molar-refractivity contribution in [3.8, 4) is 5.75 Å². The van der Waals surface area contributed by atoms with Crippen LogP contribution in [0.4, 0.5) is 0 Å². The molecule has 0 spiro atoms. The summed E-state index contributed by atoms with van der Waals surface area (Å²) in [6.07, 6.45) is 1.12. The minimum absolute atomic E-state index is 0.0723. The summed E-state index contributed by atoms with van der Waals surface area (Å²) in [5.74, 6) is 0.883. The Kier molecular flexibility index (Phi) is 3.93. The van der Waals surface area contributed by atoms with Gasteiger partial charge in [-0.25, -0.2) is 0 Å². The number of rotatable bonds is 3. The predicted molar refractivity (Wildman–Crippen MR) is 73.0 cm³/mol. The van der Waals surface area contributed by atoms with Gasteiger partial charge in [-0.2, -0.15) is 0 Å². The molecule has 1 heterocycles. The maximum Gasteiger partial charge on any atom is 0.118 e. The molecule has 3 heteroatoms. The zero-order valence-electron chi connectivity index (χ0n) is 11.7. The van der Waals surface area contributed by atoms with Crippen molar-refractivity contribution in [3.63, 3.8) is 0 Å². The van der Waals surface area contributed by atoms with Crippen molar-refractivity contribution in [2.75, 3.05) is 13.7 Å². The Morgan fingerprint density at radius 2 is 2.06 bits per heavy atom. The van der Waals surface area contributed by atoms with E-state index in [0.717, 1.165) is 18.7 Å². The van der Waals surface area contributed by atoms with Gasteiger partial charge in [0.1, 0.15) is 5.75 Å². The SMILES string of the molecule is CCC1(C)CNC(C)C(c2ccc(OC)cc2)O1. The summed E-state index contributed by atoms with van der Waals surface area (Å²) in [4.78, 5) is 0. The van der Waals surface area contributed by atoms with Crippen LogP contribution < -0.4 is 10.1 Å². The maximum atomic E-state index is 6.29. The van der Waals surface area contributed by atoms with E-state index in [4.69, 9.17) is 9.47 Å². The number of benzene rings is 1. The second-order valence-corrected chi connectivity index (χ2v) is 5.28. The van der Waals surface area contributed by atoms with Crippen LogP contribution in [0.15, 0.2) is 24.3 Å². The van der Waals surface area contributed by atoms with Crippen LogP contribution in [0, 0.1) is 0 Å². The summed E-state index contributed by atoms with van der Waals surface area (Å²) in [6, 6.07) is 8.48. The highest BCUT2D eigenvalue weighted by Crippen LogP contribution is 2.33. The van der Waals surface area contributed by atoms with Gasteiger partial charge in [-0.05, 0) is 38.0 Å². The van der Waals surface area contributed by atoms with E-state index in [1.165, 1.54) is 5.56 Å². The topological polar surface area (TPSA) is 30.5 Å². The number of hydrogen-bond acceptors (Lipinski definition) is 3. The first-order chi connectivity index (χ1) is 8.58. The predicted octanol–water partition coefficient (Wildman–Crippen LogP) is 2.91. The Labute approximate surface area is 109 Å². The molecule has 1 aromatic rings. The van der Waals surface area contributed by atoms with Crippen LogP contribution in [-0.2, 0) is 4.74 Å². The first-order valence-corrected chi connectivity index (χ1v) is 6.63. The van der Waals surface area contributed by atoms with Crippen LogP contribution in [0.25, 0.3) is 0 Å². The minimum Gasteiger partial charge on any atom is -0.497 e. The minimum atomic E-state index is -0.0723. The monoisotopic (exact) mass is 249 g/mol. The molecule has 1 fully saturated rings. The average Bonchev–Trinajstić information content (AvgIpc) is 2.42. The van der Waals surface area contributed by atoms with Gasteiger partial charge in [0.05, 0.1) is 18.8 Å². The Morgan fingerprint density at radius 3 is 2.61 bits per heavy atom. The summed E-state index contributed by atoms with van der Waals surface area (Å²) in [7, 11) is 1.68. The van der Waals surface area contributed by atoms with Gasteiger partial charge in [0.15, 0.2) is 0 Å². The van der Waals surface area contributed by atoms with Crippen molar-refractivity contribution in [1.29, 1.82) is 0 Å². The third-order valence-corrected chi connectivity index (χ3v) is 3.86. The smallest absolute Gasteiger partial charge is 0.118 e. The molecule has 1 aliphatic rings. The van der Waals surface area contributed by atoms with Crippen molar-refractivity contribution in [1.82, 2.24) is 5.32 Å². The lowest BCUT2D eigenvalue weighted by molar-refractivity contribution is -0.126. The second kappa shape index (κ2) is 5.29. The highest BCUT2D eigenvalue weighted by molar-refractivity contribution is 5.29. The Morgan fingerprint density at radius 1 is 1.39 bits per heavy atom. The van der Waals surface area contributed by atoms with Crippen LogP contribution in [0.1, 0.15) is 38.9 Å². The van der Waals surface area contributed by atoms with E-state index in [0.29, 0.717) is 6.04 Å². The Hall–Kier alpha value is -1.06. The number of ether oxygens (including phenoxy) is 2. The number of methoxy groups -OCH3 is 1. The van der Waals surface area contributed by atoms with E-state index >= 15 is 0 Å². The highest BCUT2D eigenvalue weighted by atomic mass is 16.5. The lowest BCUT2D eigenvalue weighted by Gasteiger charge is -2.42. The molecule has 1 N–H and O–H groups in total. The first kappa shape index (κ1) is 13.4. The van der Waals surface area contributed by atoms with Crippen LogP contribution in [0.5, 0.6) is 5.75 Å². The third-order valence-electron chi connectivity index (χ3n) is 3.86. The van der Waals surface area contributed by atoms with E-state index in [-0.39, 0.29) is 11.7 Å². The third kappa shape index (κ3) is 2.68. The fraction of sp³-hybridized carbons (Fsp3) is 0.600. The molecule has 0 aliphatic carbocycles. The van der Waals surface area contributed by atoms with E-state index < -0.39 is 0 Å². The standard InChI is InChI=1S/C15H23NO2/c1-5-15(3)10-16-11(2)14(18-15)12-6-8-13(17-4)9-7-12/h6-9,11,14,16H,5,10H2,1-4H3. The van der Waals surface area contributed by atoms with Gasteiger partial charge in [0, 0.05) is 12.6 Å². The van der Waals surface area contributed by atoms with Gasteiger partial charge >= 0.3 is 0 Å². The molecule has 3 unspecified atom stereocenters. The van der Waals surface area contributed by atoms with Gasteiger partial charge in [0.2, 0.25) is 0 Å². The molecule has 1 aromatic carbocycles. The van der Waals surface area contributed by atoms with Gasteiger partial charge in [-0.15, -0.1) is 0 Å². The van der Waals surface area contributed by atoms with Crippen LogP contribution in [0.2, 0.25) is 0 Å². The van der Waals surface area contributed by atoms with Crippen LogP contribution in [0.3, 0.4) is 0 Å². The van der Waals surface area contributed by atoms with Gasteiger partial charge < -0.3 is 14.8 Å². The van der Waals surface area contributed by atoms with Crippen molar-refractivity contribution in [2.24, 2.45) is 0 Å². The Bertz CT molecular complexity index is 390. The molecule has 1 saturated heterocycles. The van der Waals surface area contributed by atoms with Gasteiger partial charge in [-0.3, -0.25) is 0 Å². The summed E-state index contributed by atoms with van der Waals surface area (Å²) in [6.45, 7) is 7.42. The fourth-order valence-corrected chi connectivity index (χ4v) is 2.29. The molecule has 100 valence electrons. The Balaban J connectivity index is 2.18. The molecular weight excluding hydrogens is 226 g/mol. The molecule has 0 aromatic heterocycles. The summed E-state index contributed by atoms with van der Waals surface area (Å²) in [5, 5.41) is 3.54. The molecular formula is C15H23NO2. The van der Waals surface area contributed by atoms with Gasteiger partial charge in [0.25, 0.3) is 0 Å². The van der Waals surface area contributed by atoms with E-state index in [9.17, 15) is 0 Å². The van der Waals surface area contributed by atoms with Crippen molar-refractivity contribution >= 4 is 0 Å². The summed E-state index contributed by atoms with van der Waals surface area (Å²) in [5.41, 5.74) is 1.13. The average molecular weight is 249 g/mol. The zero-order valence-corrected chi connectivity index (χ0v) is 11.7. The molecule has 2 rings (SSSR count). The number of nitrogens with one attached hydrogen (secondary N) is 1. The summed E-state index contributed by atoms with van der Waals surface area (Å²) >= 11 is 0. The molecule has 18 heavy (non-hydrogen) atoms. The lowest BCUT2D eigenvalue weighted by atomic mass is 9.94. The maximum absolute atomic E-state index is 6.29. The van der Waals surface area contributed by atoms with Crippen LogP contribution >= 0.6 is 0 Å². The van der Waals surface area contributed by atoms with Crippen molar-refractivity contribution in [2.45, 2.75) is 44.9 Å². The molecule has 0 radical (unpaired) electrons.